The Kier molecular flexibility index (Phi) is 4.06. The van der Waals surface area contributed by atoms with Crippen LogP contribution in [0.1, 0.15) is 25.3 Å². The van der Waals surface area contributed by atoms with Crippen LogP contribution in [0.15, 0.2) is 28.7 Å². The minimum absolute atomic E-state index is 0.0343. The number of aromatic nitrogens is 2. The van der Waals surface area contributed by atoms with E-state index in [1.54, 1.807) is 12.1 Å². The highest BCUT2D eigenvalue weighted by molar-refractivity contribution is 5.55. The highest BCUT2D eigenvalue weighted by Crippen LogP contribution is 2.25. The summed E-state index contributed by atoms with van der Waals surface area (Å²) in [5, 5.41) is 7.66. The fourth-order valence-electron chi connectivity index (χ4n) is 1.48. The van der Waals surface area contributed by atoms with Crippen LogP contribution in [0, 0.1) is 0 Å². The van der Waals surface area contributed by atoms with Crippen LogP contribution in [0.2, 0.25) is 0 Å². The van der Waals surface area contributed by atoms with Crippen LogP contribution >= 0.6 is 0 Å². The van der Waals surface area contributed by atoms with E-state index < -0.39 is 6.61 Å². The fourth-order valence-corrected chi connectivity index (χ4v) is 1.48. The molecule has 1 aromatic heterocycles. The minimum Gasteiger partial charge on any atom is -0.435 e. The Morgan fingerprint density at radius 2 is 2.16 bits per heavy atom. The van der Waals surface area contributed by atoms with Crippen molar-refractivity contribution in [3.8, 4) is 17.2 Å². The second-order valence-corrected chi connectivity index (χ2v) is 3.87. The Morgan fingerprint density at radius 1 is 1.37 bits per heavy atom. The molecule has 0 saturated carbocycles. The zero-order valence-electron chi connectivity index (χ0n) is 10.2. The van der Waals surface area contributed by atoms with Gasteiger partial charge in [0.15, 0.2) is 0 Å². The van der Waals surface area contributed by atoms with E-state index in [9.17, 15) is 8.78 Å². The van der Waals surface area contributed by atoms with Gasteiger partial charge in [0.05, 0.1) is 6.04 Å². The summed E-state index contributed by atoms with van der Waals surface area (Å²) in [7, 11) is 0. The van der Waals surface area contributed by atoms with Crippen molar-refractivity contribution in [1.82, 2.24) is 10.2 Å². The smallest absolute Gasteiger partial charge is 0.387 e. The van der Waals surface area contributed by atoms with Crippen LogP contribution < -0.4 is 10.5 Å². The van der Waals surface area contributed by atoms with Gasteiger partial charge in [-0.3, -0.25) is 0 Å². The molecule has 1 aromatic carbocycles. The molecule has 0 amide bonds. The first-order valence-electron chi connectivity index (χ1n) is 5.74. The molecule has 1 unspecified atom stereocenters. The number of halogens is 2. The van der Waals surface area contributed by atoms with Crippen LogP contribution in [0.5, 0.6) is 5.75 Å². The number of hydrogen-bond acceptors (Lipinski definition) is 5. The van der Waals surface area contributed by atoms with E-state index in [-0.39, 0.29) is 17.7 Å². The normalized spacial score (nSPS) is 12.7. The van der Waals surface area contributed by atoms with Crippen molar-refractivity contribution in [1.29, 1.82) is 0 Å². The molecule has 0 aliphatic rings. The number of rotatable bonds is 5. The maximum Gasteiger partial charge on any atom is 0.387 e. The number of ether oxygens (including phenoxy) is 1. The molecule has 2 N–H and O–H groups in total. The van der Waals surface area contributed by atoms with E-state index in [4.69, 9.17) is 10.2 Å². The van der Waals surface area contributed by atoms with Crippen molar-refractivity contribution < 1.29 is 17.9 Å². The standard InChI is InChI=1S/C12H13F2N3O2/c1-2-9(15)11-17-16-10(19-11)7-4-3-5-8(6-7)18-12(13)14/h3-6,9,12H,2,15H2,1H3. The number of nitrogens with zero attached hydrogens (tertiary/aromatic N) is 2. The molecule has 2 aromatic rings. The molecule has 102 valence electrons. The summed E-state index contributed by atoms with van der Waals surface area (Å²) in [6, 6.07) is 5.72. The first-order valence-corrected chi connectivity index (χ1v) is 5.74. The van der Waals surface area contributed by atoms with E-state index in [0.29, 0.717) is 17.9 Å². The summed E-state index contributed by atoms with van der Waals surface area (Å²) in [4.78, 5) is 0. The summed E-state index contributed by atoms with van der Waals surface area (Å²) in [5.41, 5.74) is 6.26. The summed E-state index contributed by atoms with van der Waals surface area (Å²) < 4.78 is 33.9. The first kappa shape index (κ1) is 13.4. The lowest BCUT2D eigenvalue weighted by molar-refractivity contribution is -0.0498. The fraction of sp³-hybridized carbons (Fsp3) is 0.333. The van der Waals surface area contributed by atoms with Gasteiger partial charge in [-0.2, -0.15) is 8.78 Å². The van der Waals surface area contributed by atoms with E-state index in [2.05, 4.69) is 14.9 Å². The predicted octanol–water partition coefficient (Wildman–Crippen LogP) is 2.75. The van der Waals surface area contributed by atoms with Gasteiger partial charge in [0.2, 0.25) is 11.8 Å². The van der Waals surface area contributed by atoms with Gasteiger partial charge < -0.3 is 14.9 Å². The van der Waals surface area contributed by atoms with Crippen LogP contribution in [-0.2, 0) is 0 Å². The Morgan fingerprint density at radius 3 is 2.84 bits per heavy atom. The van der Waals surface area contributed by atoms with Gasteiger partial charge >= 0.3 is 6.61 Å². The topological polar surface area (TPSA) is 74.2 Å². The third-order valence-electron chi connectivity index (χ3n) is 2.50. The number of nitrogens with two attached hydrogens (primary N) is 1. The van der Waals surface area contributed by atoms with Crippen molar-refractivity contribution in [2.24, 2.45) is 5.73 Å². The maximum atomic E-state index is 12.1. The molecule has 1 heterocycles. The highest BCUT2D eigenvalue weighted by atomic mass is 19.3. The third kappa shape index (κ3) is 3.25. The molecule has 0 fully saturated rings. The van der Waals surface area contributed by atoms with E-state index in [1.807, 2.05) is 6.92 Å². The lowest BCUT2D eigenvalue weighted by Crippen LogP contribution is -2.08. The largest absolute Gasteiger partial charge is 0.435 e. The average Bonchev–Trinajstić information content (AvgIpc) is 2.87. The molecule has 19 heavy (non-hydrogen) atoms. The van der Waals surface area contributed by atoms with Crippen molar-refractivity contribution in [3.63, 3.8) is 0 Å². The molecule has 0 saturated heterocycles. The maximum absolute atomic E-state index is 12.1. The Bertz CT molecular complexity index is 545. The van der Waals surface area contributed by atoms with Crippen molar-refractivity contribution >= 4 is 0 Å². The molecule has 5 nitrogen and oxygen atoms in total. The van der Waals surface area contributed by atoms with Gasteiger partial charge in [0, 0.05) is 5.56 Å². The molecule has 0 spiro atoms. The van der Waals surface area contributed by atoms with Gasteiger partial charge in [0.25, 0.3) is 0 Å². The Labute approximate surface area is 108 Å². The quantitative estimate of drug-likeness (QED) is 0.903. The second-order valence-electron chi connectivity index (χ2n) is 3.87. The highest BCUT2D eigenvalue weighted by Gasteiger charge is 2.14. The molecule has 0 aliphatic heterocycles. The van der Waals surface area contributed by atoms with Gasteiger partial charge in [-0.15, -0.1) is 10.2 Å². The number of hydrogen-bond donors (Lipinski definition) is 1. The van der Waals surface area contributed by atoms with E-state index in [0.717, 1.165) is 0 Å². The molecular formula is C12H13F2N3O2. The van der Waals surface area contributed by atoms with E-state index >= 15 is 0 Å². The lowest BCUT2D eigenvalue weighted by atomic mass is 10.2. The average molecular weight is 269 g/mol. The van der Waals surface area contributed by atoms with Crippen molar-refractivity contribution in [2.45, 2.75) is 26.0 Å². The van der Waals surface area contributed by atoms with Gasteiger partial charge in [-0.1, -0.05) is 13.0 Å². The SMILES string of the molecule is CCC(N)c1nnc(-c2cccc(OC(F)F)c2)o1. The van der Waals surface area contributed by atoms with Gasteiger partial charge in [-0.05, 0) is 24.6 Å². The van der Waals surface area contributed by atoms with Crippen LogP contribution in [0.4, 0.5) is 8.78 Å². The molecule has 7 heteroatoms. The van der Waals surface area contributed by atoms with Gasteiger partial charge in [0.1, 0.15) is 5.75 Å². The van der Waals surface area contributed by atoms with Crippen LogP contribution in [0.25, 0.3) is 11.5 Å². The summed E-state index contributed by atoms with van der Waals surface area (Å²) in [6.45, 7) is -0.979. The Hall–Kier alpha value is -2.02. The lowest BCUT2D eigenvalue weighted by Gasteiger charge is -2.04. The number of alkyl halides is 2. The Balaban J connectivity index is 2.24. The predicted molar refractivity (Wildman–Crippen MR) is 63.6 cm³/mol. The van der Waals surface area contributed by atoms with Crippen molar-refractivity contribution in [2.75, 3.05) is 0 Å². The number of benzene rings is 1. The first-order chi connectivity index (χ1) is 9.10. The van der Waals surface area contributed by atoms with Crippen LogP contribution in [-0.4, -0.2) is 16.8 Å². The third-order valence-corrected chi connectivity index (χ3v) is 2.50. The molecule has 1 atom stereocenters. The molecule has 2 rings (SSSR count). The minimum atomic E-state index is -2.87. The molecule has 0 aliphatic carbocycles. The molecular weight excluding hydrogens is 256 g/mol. The van der Waals surface area contributed by atoms with E-state index in [1.165, 1.54) is 12.1 Å². The zero-order chi connectivity index (χ0) is 13.8. The zero-order valence-corrected chi connectivity index (χ0v) is 10.2. The second kappa shape index (κ2) is 5.75. The monoisotopic (exact) mass is 269 g/mol. The summed E-state index contributed by atoms with van der Waals surface area (Å²) in [6.07, 6.45) is 0.663. The summed E-state index contributed by atoms with van der Waals surface area (Å²) in [5.74, 6) is 0.573. The van der Waals surface area contributed by atoms with Crippen LogP contribution in [0.3, 0.4) is 0 Å². The van der Waals surface area contributed by atoms with Crippen molar-refractivity contribution in [3.05, 3.63) is 30.2 Å². The molecule has 0 bridgehead atoms. The van der Waals surface area contributed by atoms with Gasteiger partial charge in [-0.25, -0.2) is 0 Å². The molecule has 0 radical (unpaired) electrons. The summed E-state index contributed by atoms with van der Waals surface area (Å²) >= 11 is 0.